The molecular formula is C20H15F2NTi. The Bertz CT molecular complexity index is 836. The Balaban J connectivity index is 0.00000169. The second-order valence-corrected chi connectivity index (χ2v) is 5.70. The summed E-state index contributed by atoms with van der Waals surface area (Å²) in [5.74, 6) is -1.34. The second kappa shape index (κ2) is 6.88. The van der Waals surface area contributed by atoms with Gasteiger partial charge < -0.3 is 4.57 Å². The van der Waals surface area contributed by atoms with E-state index < -0.39 is 11.6 Å². The Morgan fingerprint density at radius 1 is 0.708 bits per heavy atom. The van der Waals surface area contributed by atoms with E-state index >= 15 is 0 Å². The van der Waals surface area contributed by atoms with Crippen molar-refractivity contribution in [1.29, 1.82) is 0 Å². The predicted molar refractivity (Wildman–Crippen MR) is 87.7 cm³/mol. The molecule has 1 heterocycles. The van der Waals surface area contributed by atoms with Gasteiger partial charge in [0.2, 0.25) is 0 Å². The molecule has 0 saturated carbocycles. The molecule has 118 valence electrons. The van der Waals surface area contributed by atoms with Crippen LogP contribution in [0.4, 0.5) is 8.78 Å². The molecule has 4 rings (SSSR count). The molecule has 0 N–H and O–H groups in total. The fourth-order valence-corrected chi connectivity index (χ4v) is 3.31. The Labute approximate surface area is 154 Å². The molecule has 1 nitrogen and oxygen atoms in total. The van der Waals surface area contributed by atoms with Crippen molar-refractivity contribution in [2.75, 3.05) is 0 Å². The van der Waals surface area contributed by atoms with Crippen molar-refractivity contribution >= 4 is 0 Å². The number of hydrogen-bond acceptors (Lipinski definition) is 0. The van der Waals surface area contributed by atoms with Crippen LogP contribution in [0.15, 0.2) is 79.2 Å². The smallest absolute Gasteiger partial charge is 0.150 e. The fraction of sp³-hybridized carbons (Fsp3) is 0.100. The van der Waals surface area contributed by atoms with Gasteiger partial charge in [0.1, 0.15) is 11.6 Å². The molecular weight excluding hydrogens is 340 g/mol. The van der Waals surface area contributed by atoms with Crippen molar-refractivity contribution in [1.82, 2.24) is 4.57 Å². The van der Waals surface area contributed by atoms with Gasteiger partial charge in [0, 0.05) is 57.6 Å². The maximum atomic E-state index is 14.7. The monoisotopic (exact) mass is 355 g/mol. The molecule has 0 radical (unpaired) electrons. The van der Waals surface area contributed by atoms with Crippen LogP contribution in [-0.2, 0) is 21.7 Å². The van der Waals surface area contributed by atoms with Crippen LogP contribution in [0.25, 0.3) is 5.69 Å². The van der Waals surface area contributed by atoms with E-state index in [2.05, 4.69) is 0 Å². The summed E-state index contributed by atoms with van der Waals surface area (Å²) in [6, 6.07) is 4.67. The minimum Gasteiger partial charge on any atom is -0.321 e. The van der Waals surface area contributed by atoms with E-state index in [9.17, 15) is 8.78 Å². The summed E-state index contributed by atoms with van der Waals surface area (Å²) < 4.78 is 31.0. The molecule has 0 saturated heterocycles. The number of allylic oxidation sites excluding steroid dienone is 8. The third kappa shape index (κ3) is 2.79. The quantitative estimate of drug-likeness (QED) is 0.670. The third-order valence-corrected chi connectivity index (χ3v) is 4.31. The first-order valence-corrected chi connectivity index (χ1v) is 7.61. The third-order valence-electron chi connectivity index (χ3n) is 4.31. The summed E-state index contributed by atoms with van der Waals surface area (Å²) >= 11 is 0. The molecule has 4 heteroatoms. The molecule has 0 atom stereocenters. The average Bonchev–Trinajstić information content (AvgIpc) is 3.29. The van der Waals surface area contributed by atoms with E-state index in [0.29, 0.717) is 16.8 Å². The summed E-state index contributed by atoms with van der Waals surface area (Å²) in [5, 5.41) is 0. The standard InChI is InChI=1S/C20H15F2N.Ti/c21-16-13-17(22)20(23-11-5-6-12-23)19(15-9-3-4-10-15)18(16)14-7-1-2-8-14;/h1-15H;. The molecule has 0 spiro atoms. The summed E-state index contributed by atoms with van der Waals surface area (Å²) in [4.78, 5) is 0. The summed E-state index contributed by atoms with van der Waals surface area (Å²) in [6.45, 7) is 0. The molecule has 0 fully saturated rings. The number of aromatic nitrogens is 1. The van der Waals surface area contributed by atoms with Gasteiger partial charge in [-0.2, -0.15) is 0 Å². The average molecular weight is 355 g/mol. The first-order valence-electron chi connectivity index (χ1n) is 7.61. The summed E-state index contributed by atoms with van der Waals surface area (Å²) in [5.41, 5.74) is 1.65. The first kappa shape index (κ1) is 16.9. The fourth-order valence-electron chi connectivity index (χ4n) is 3.31. The van der Waals surface area contributed by atoms with Crippen LogP contribution in [0.2, 0.25) is 0 Å². The molecule has 1 aromatic heterocycles. The number of halogens is 2. The van der Waals surface area contributed by atoms with E-state index in [1.807, 2.05) is 60.7 Å². The second-order valence-electron chi connectivity index (χ2n) is 5.70. The summed E-state index contributed by atoms with van der Waals surface area (Å²) in [6.07, 6.45) is 19.0. The van der Waals surface area contributed by atoms with Crippen molar-refractivity contribution in [2.24, 2.45) is 0 Å². The maximum Gasteiger partial charge on any atom is 0.150 e. The van der Waals surface area contributed by atoms with E-state index in [4.69, 9.17) is 0 Å². The van der Waals surface area contributed by atoms with Crippen molar-refractivity contribution in [3.8, 4) is 5.69 Å². The molecule has 0 unspecified atom stereocenters. The number of hydrogen-bond donors (Lipinski definition) is 0. The number of benzene rings is 1. The van der Waals surface area contributed by atoms with Gasteiger partial charge in [-0.1, -0.05) is 48.6 Å². The molecule has 2 aromatic rings. The first-order chi connectivity index (χ1) is 11.3. The van der Waals surface area contributed by atoms with Gasteiger partial charge in [0.05, 0.1) is 5.69 Å². The number of rotatable bonds is 3. The van der Waals surface area contributed by atoms with Crippen molar-refractivity contribution < 1.29 is 30.5 Å². The van der Waals surface area contributed by atoms with Gasteiger partial charge >= 0.3 is 0 Å². The Morgan fingerprint density at radius 3 is 1.75 bits per heavy atom. The van der Waals surface area contributed by atoms with E-state index in [-0.39, 0.29) is 33.6 Å². The van der Waals surface area contributed by atoms with E-state index in [0.717, 1.165) is 6.07 Å². The Kier molecular flexibility index (Phi) is 4.84. The van der Waals surface area contributed by atoms with Gasteiger partial charge in [0.15, 0.2) is 0 Å². The van der Waals surface area contributed by atoms with Crippen molar-refractivity contribution in [3.05, 3.63) is 102 Å². The van der Waals surface area contributed by atoms with Crippen molar-refractivity contribution in [2.45, 2.75) is 11.8 Å². The van der Waals surface area contributed by atoms with Gasteiger partial charge in [-0.05, 0) is 17.7 Å². The maximum absolute atomic E-state index is 14.7. The Morgan fingerprint density at radius 2 is 1.21 bits per heavy atom. The number of nitrogens with zero attached hydrogens (tertiary/aromatic N) is 1. The van der Waals surface area contributed by atoms with Crippen LogP contribution in [0, 0.1) is 11.6 Å². The molecule has 0 bridgehead atoms. The predicted octanol–water partition coefficient (Wildman–Crippen LogP) is 5.17. The zero-order valence-electron chi connectivity index (χ0n) is 12.9. The van der Waals surface area contributed by atoms with Crippen LogP contribution in [0.3, 0.4) is 0 Å². The van der Waals surface area contributed by atoms with Crippen LogP contribution in [0.5, 0.6) is 0 Å². The molecule has 2 aliphatic carbocycles. The van der Waals surface area contributed by atoms with Crippen molar-refractivity contribution in [3.63, 3.8) is 0 Å². The Hall–Kier alpha value is -1.97. The molecule has 0 amide bonds. The minimum absolute atomic E-state index is 0. The van der Waals surface area contributed by atoms with Gasteiger partial charge in [-0.3, -0.25) is 0 Å². The van der Waals surface area contributed by atoms with Gasteiger partial charge in [0.25, 0.3) is 0 Å². The van der Waals surface area contributed by atoms with E-state index in [1.54, 1.807) is 17.0 Å². The van der Waals surface area contributed by atoms with Gasteiger partial charge in [-0.25, -0.2) is 8.78 Å². The molecule has 1 aromatic carbocycles. The van der Waals surface area contributed by atoms with Crippen LogP contribution >= 0.6 is 0 Å². The SMILES string of the molecule is Fc1cc(F)c(-n2cccc2)c(C2C=CC=C2)c1C1C=CC=C1.[Ti]. The minimum atomic E-state index is -0.544. The van der Waals surface area contributed by atoms with Crippen LogP contribution < -0.4 is 0 Å². The van der Waals surface area contributed by atoms with Crippen LogP contribution in [-0.4, -0.2) is 4.57 Å². The zero-order chi connectivity index (χ0) is 15.8. The molecule has 2 aliphatic rings. The molecule has 24 heavy (non-hydrogen) atoms. The topological polar surface area (TPSA) is 4.93 Å². The van der Waals surface area contributed by atoms with Gasteiger partial charge in [-0.15, -0.1) is 0 Å². The normalized spacial score (nSPS) is 16.2. The molecule has 0 aliphatic heterocycles. The largest absolute Gasteiger partial charge is 0.321 e. The van der Waals surface area contributed by atoms with E-state index in [1.165, 1.54) is 0 Å². The summed E-state index contributed by atoms with van der Waals surface area (Å²) in [7, 11) is 0. The van der Waals surface area contributed by atoms with Crippen LogP contribution in [0.1, 0.15) is 23.0 Å². The zero-order valence-corrected chi connectivity index (χ0v) is 14.4.